The second kappa shape index (κ2) is 5.94. The number of nitrogens with two attached hydrogens (primary N) is 1. The topological polar surface area (TPSA) is 92.5 Å². The molecule has 1 amide bonds. The molecule has 7 heteroatoms. The summed E-state index contributed by atoms with van der Waals surface area (Å²) in [5.74, 6) is 4.72. The number of carbonyl (C=O) groups is 1. The molecule has 0 unspecified atom stereocenters. The quantitative estimate of drug-likeness (QED) is 0.443. The van der Waals surface area contributed by atoms with Crippen molar-refractivity contribution in [2.75, 3.05) is 14.1 Å². The average Bonchev–Trinajstić information content (AvgIpc) is 2.36. The Balaban J connectivity index is 2.78. The van der Waals surface area contributed by atoms with Crippen LogP contribution in [0.2, 0.25) is 0 Å². The van der Waals surface area contributed by atoms with Gasteiger partial charge < -0.3 is 0 Å². The summed E-state index contributed by atoms with van der Waals surface area (Å²) in [6, 6.07) is 6.45. The Labute approximate surface area is 107 Å². The number of aryl methyl sites for hydroxylation is 1. The van der Waals surface area contributed by atoms with Gasteiger partial charge >= 0.3 is 0 Å². The zero-order valence-corrected chi connectivity index (χ0v) is 11.2. The lowest BCUT2D eigenvalue weighted by Gasteiger charge is -2.11. The van der Waals surface area contributed by atoms with Crippen molar-refractivity contribution < 1.29 is 13.2 Å². The smallest absolute Gasteiger partial charge is 0.242 e. The minimum Gasteiger partial charge on any atom is -0.294 e. The Morgan fingerprint density at radius 1 is 1.28 bits per heavy atom. The molecule has 0 aliphatic carbocycles. The molecule has 0 bridgehead atoms. The van der Waals surface area contributed by atoms with Gasteiger partial charge in [-0.2, -0.15) is 0 Å². The van der Waals surface area contributed by atoms with Gasteiger partial charge in [-0.15, -0.1) is 0 Å². The van der Waals surface area contributed by atoms with Crippen molar-refractivity contribution >= 4 is 15.9 Å². The Kier molecular flexibility index (Phi) is 4.83. The molecule has 0 heterocycles. The molecular formula is C11H17N3O3S. The third-order valence-corrected chi connectivity index (χ3v) is 4.33. The Morgan fingerprint density at radius 3 is 2.28 bits per heavy atom. The van der Waals surface area contributed by atoms with E-state index >= 15 is 0 Å². The molecule has 1 aromatic rings. The SMILES string of the molecule is CN(C)S(=O)(=O)c1ccc(CCC(=O)NN)cc1. The highest BCUT2D eigenvalue weighted by molar-refractivity contribution is 7.89. The number of amides is 1. The summed E-state index contributed by atoms with van der Waals surface area (Å²) in [6.07, 6.45) is 0.793. The largest absolute Gasteiger partial charge is 0.294 e. The third kappa shape index (κ3) is 3.52. The van der Waals surface area contributed by atoms with Gasteiger partial charge in [0, 0.05) is 20.5 Å². The minimum atomic E-state index is -3.40. The van der Waals surface area contributed by atoms with Crippen molar-refractivity contribution in [2.24, 2.45) is 5.84 Å². The zero-order chi connectivity index (χ0) is 13.8. The van der Waals surface area contributed by atoms with E-state index in [0.717, 1.165) is 9.87 Å². The molecule has 1 aromatic carbocycles. The zero-order valence-electron chi connectivity index (χ0n) is 10.4. The number of nitrogens with one attached hydrogen (secondary N) is 1. The third-order valence-electron chi connectivity index (χ3n) is 2.50. The predicted octanol–water partition coefficient (Wildman–Crippen LogP) is -0.141. The van der Waals surface area contributed by atoms with E-state index in [4.69, 9.17) is 5.84 Å². The van der Waals surface area contributed by atoms with Crippen LogP contribution >= 0.6 is 0 Å². The van der Waals surface area contributed by atoms with Gasteiger partial charge in [0.15, 0.2) is 0 Å². The lowest BCUT2D eigenvalue weighted by atomic mass is 10.1. The summed E-state index contributed by atoms with van der Waals surface area (Å²) in [6.45, 7) is 0. The molecule has 0 saturated heterocycles. The van der Waals surface area contributed by atoms with Crippen LogP contribution in [-0.2, 0) is 21.2 Å². The lowest BCUT2D eigenvalue weighted by Crippen LogP contribution is -2.30. The normalized spacial score (nSPS) is 11.6. The summed E-state index contributed by atoms with van der Waals surface area (Å²) < 4.78 is 24.8. The maximum absolute atomic E-state index is 11.8. The van der Waals surface area contributed by atoms with E-state index in [2.05, 4.69) is 0 Å². The molecule has 0 saturated carbocycles. The monoisotopic (exact) mass is 271 g/mol. The van der Waals surface area contributed by atoms with Gasteiger partial charge in [-0.25, -0.2) is 18.6 Å². The summed E-state index contributed by atoms with van der Waals surface area (Å²) in [5.41, 5.74) is 2.93. The average molecular weight is 271 g/mol. The van der Waals surface area contributed by atoms with E-state index in [0.29, 0.717) is 6.42 Å². The molecule has 6 nitrogen and oxygen atoms in total. The maximum atomic E-state index is 11.8. The fraction of sp³-hybridized carbons (Fsp3) is 0.364. The van der Waals surface area contributed by atoms with E-state index in [1.165, 1.54) is 26.2 Å². The molecule has 0 fully saturated rings. The molecule has 3 N–H and O–H groups in total. The second-order valence-corrected chi connectivity index (χ2v) is 6.15. The van der Waals surface area contributed by atoms with E-state index in [9.17, 15) is 13.2 Å². The van der Waals surface area contributed by atoms with Crippen LogP contribution in [0.4, 0.5) is 0 Å². The van der Waals surface area contributed by atoms with Gasteiger partial charge in [-0.1, -0.05) is 12.1 Å². The van der Waals surface area contributed by atoms with Crippen LogP contribution < -0.4 is 11.3 Å². The van der Waals surface area contributed by atoms with Gasteiger partial charge in [0.05, 0.1) is 4.90 Å². The molecule has 0 aliphatic rings. The summed E-state index contributed by atoms with van der Waals surface area (Å²) in [7, 11) is -0.434. The van der Waals surface area contributed by atoms with E-state index in [1.807, 2.05) is 5.43 Å². The van der Waals surface area contributed by atoms with Crippen LogP contribution in [0.15, 0.2) is 29.2 Å². The van der Waals surface area contributed by atoms with Crippen molar-refractivity contribution in [2.45, 2.75) is 17.7 Å². The van der Waals surface area contributed by atoms with Crippen LogP contribution in [0.1, 0.15) is 12.0 Å². The number of sulfonamides is 1. The number of hydrogen-bond acceptors (Lipinski definition) is 4. The highest BCUT2D eigenvalue weighted by Crippen LogP contribution is 2.14. The van der Waals surface area contributed by atoms with E-state index < -0.39 is 10.0 Å². The van der Waals surface area contributed by atoms with Crippen LogP contribution in [0.5, 0.6) is 0 Å². The highest BCUT2D eigenvalue weighted by atomic mass is 32.2. The first-order chi connectivity index (χ1) is 8.37. The van der Waals surface area contributed by atoms with Crippen molar-refractivity contribution in [3.63, 3.8) is 0 Å². The highest BCUT2D eigenvalue weighted by Gasteiger charge is 2.16. The molecule has 0 aliphatic heterocycles. The van der Waals surface area contributed by atoms with Crippen molar-refractivity contribution in [1.82, 2.24) is 9.73 Å². The molecule has 100 valence electrons. The van der Waals surface area contributed by atoms with E-state index in [-0.39, 0.29) is 17.2 Å². The standard InChI is InChI=1S/C11H17N3O3S/c1-14(2)18(16,17)10-6-3-9(4-7-10)5-8-11(15)13-12/h3-4,6-7H,5,8,12H2,1-2H3,(H,13,15). The van der Waals surface area contributed by atoms with Gasteiger partial charge in [0.25, 0.3) is 0 Å². The van der Waals surface area contributed by atoms with Crippen LogP contribution in [0.25, 0.3) is 0 Å². The van der Waals surface area contributed by atoms with Gasteiger partial charge in [0.1, 0.15) is 0 Å². The van der Waals surface area contributed by atoms with Gasteiger partial charge in [-0.05, 0) is 24.1 Å². The Bertz CT molecular complexity index is 509. The predicted molar refractivity (Wildman–Crippen MR) is 68.0 cm³/mol. The summed E-state index contributed by atoms with van der Waals surface area (Å²) in [4.78, 5) is 11.2. The van der Waals surface area contributed by atoms with Crippen LogP contribution in [0, 0.1) is 0 Å². The van der Waals surface area contributed by atoms with Crippen molar-refractivity contribution in [3.05, 3.63) is 29.8 Å². The molecule has 18 heavy (non-hydrogen) atoms. The lowest BCUT2D eigenvalue weighted by molar-refractivity contribution is -0.121. The number of benzene rings is 1. The van der Waals surface area contributed by atoms with Crippen molar-refractivity contribution in [3.8, 4) is 0 Å². The Morgan fingerprint density at radius 2 is 1.83 bits per heavy atom. The van der Waals surface area contributed by atoms with E-state index in [1.54, 1.807) is 12.1 Å². The second-order valence-electron chi connectivity index (χ2n) is 4.00. The molecule has 0 radical (unpaired) electrons. The van der Waals surface area contributed by atoms with Crippen LogP contribution in [-0.4, -0.2) is 32.7 Å². The first-order valence-electron chi connectivity index (χ1n) is 5.39. The van der Waals surface area contributed by atoms with Gasteiger partial charge in [-0.3, -0.25) is 10.2 Å². The molecule has 0 spiro atoms. The first-order valence-corrected chi connectivity index (χ1v) is 6.83. The fourth-order valence-corrected chi connectivity index (χ4v) is 2.27. The summed E-state index contributed by atoms with van der Waals surface area (Å²) >= 11 is 0. The molecular weight excluding hydrogens is 254 g/mol. The number of nitrogens with zero attached hydrogens (tertiary/aromatic N) is 1. The minimum absolute atomic E-state index is 0.236. The Hall–Kier alpha value is -1.44. The fourth-order valence-electron chi connectivity index (χ4n) is 1.37. The number of rotatable bonds is 5. The van der Waals surface area contributed by atoms with Crippen molar-refractivity contribution in [1.29, 1.82) is 0 Å². The number of hydrazine groups is 1. The molecule has 0 atom stereocenters. The maximum Gasteiger partial charge on any atom is 0.242 e. The number of hydrogen-bond donors (Lipinski definition) is 2. The molecule has 1 rings (SSSR count). The molecule has 0 aromatic heterocycles. The number of carbonyl (C=O) groups excluding carboxylic acids is 1. The van der Waals surface area contributed by atoms with Crippen LogP contribution in [0.3, 0.4) is 0 Å². The van der Waals surface area contributed by atoms with Gasteiger partial charge in [0.2, 0.25) is 15.9 Å². The first kappa shape index (κ1) is 14.6. The summed E-state index contributed by atoms with van der Waals surface area (Å²) in [5, 5.41) is 0.